The fourth-order valence-electron chi connectivity index (χ4n) is 4.65. The normalized spacial score (nSPS) is 26.8. The van der Waals surface area contributed by atoms with Crippen molar-refractivity contribution in [3.8, 4) is 0 Å². The summed E-state index contributed by atoms with van der Waals surface area (Å²) in [6.07, 6.45) is 4.04. The summed E-state index contributed by atoms with van der Waals surface area (Å²) in [6, 6.07) is 6.68. The zero-order valence-corrected chi connectivity index (χ0v) is 18.1. The minimum Gasteiger partial charge on any atom is -0.391 e. The van der Waals surface area contributed by atoms with E-state index in [1.807, 2.05) is 31.7 Å². The summed E-state index contributed by atoms with van der Waals surface area (Å²) in [5.41, 5.74) is 0.610. The number of nitrogens with zero attached hydrogens (tertiary/aromatic N) is 1. The van der Waals surface area contributed by atoms with Crippen LogP contribution in [0.25, 0.3) is 0 Å². The van der Waals surface area contributed by atoms with Crippen molar-refractivity contribution < 1.29 is 18.0 Å². The zero-order valence-electron chi connectivity index (χ0n) is 17.1. The number of amides is 1. The summed E-state index contributed by atoms with van der Waals surface area (Å²) < 4.78 is 26.6. The summed E-state index contributed by atoms with van der Waals surface area (Å²) in [4.78, 5) is 14.6. The van der Waals surface area contributed by atoms with E-state index in [1.165, 1.54) is 6.07 Å². The van der Waals surface area contributed by atoms with Crippen LogP contribution in [0.2, 0.25) is 13.1 Å². The summed E-state index contributed by atoms with van der Waals surface area (Å²) in [6.45, 7) is 10.3. The lowest BCUT2D eigenvalue weighted by atomic mass is 9.84. The van der Waals surface area contributed by atoms with Crippen molar-refractivity contribution in [2.75, 3.05) is 0 Å². The Morgan fingerprint density at radius 2 is 1.96 bits per heavy atom. The molecule has 0 unspecified atom stereocenters. The molecule has 0 N–H and O–H groups in total. The van der Waals surface area contributed by atoms with Gasteiger partial charge in [-0.1, -0.05) is 12.1 Å². The van der Waals surface area contributed by atoms with Gasteiger partial charge >= 0.3 is 8.56 Å². The van der Waals surface area contributed by atoms with Crippen molar-refractivity contribution in [3.63, 3.8) is 0 Å². The molecule has 0 saturated carbocycles. The van der Waals surface area contributed by atoms with Gasteiger partial charge in [0.1, 0.15) is 5.82 Å². The van der Waals surface area contributed by atoms with Crippen molar-refractivity contribution in [2.24, 2.45) is 0 Å². The SMILES string of the molecule is CC(C)(C)O[Si](C)(C)O[C@H]1C[C@@H]2CCCC(=O)N2[C@H](c2cccc(F)c2)C1. The predicted molar refractivity (Wildman–Crippen MR) is 106 cm³/mol. The Morgan fingerprint density at radius 1 is 1.22 bits per heavy atom. The van der Waals surface area contributed by atoms with Gasteiger partial charge in [-0.15, -0.1) is 0 Å². The van der Waals surface area contributed by atoms with Crippen LogP contribution in [0.15, 0.2) is 24.3 Å². The number of hydrogen-bond donors (Lipinski definition) is 0. The van der Waals surface area contributed by atoms with E-state index in [9.17, 15) is 9.18 Å². The molecule has 3 atom stereocenters. The van der Waals surface area contributed by atoms with E-state index in [0.29, 0.717) is 12.8 Å². The first-order valence-corrected chi connectivity index (χ1v) is 12.8. The van der Waals surface area contributed by atoms with Crippen LogP contribution in [-0.2, 0) is 13.6 Å². The molecule has 1 aromatic carbocycles. The highest BCUT2D eigenvalue weighted by Crippen LogP contribution is 2.41. The molecule has 0 aliphatic carbocycles. The molecular formula is C21H32FNO3Si. The third-order valence-electron chi connectivity index (χ3n) is 5.20. The Kier molecular flexibility index (Phi) is 5.80. The number of halogens is 1. The van der Waals surface area contributed by atoms with Crippen molar-refractivity contribution in [2.45, 2.75) is 89.8 Å². The van der Waals surface area contributed by atoms with E-state index < -0.39 is 8.56 Å². The van der Waals surface area contributed by atoms with E-state index in [1.54, 1.807) is 12.1 Å². The lowest BCUT2D eigenvalue weighted by Gasteiger charge is -2.49. The van der Waals surface area contributed by atoms with Crippen molar-refractivity contribution in [1.29, 1.82) is 0 Å². The van der Waals surface area contributed by atoms with Gasteiger partial charge in [0.25, 0.3) is 0 Å². The summed E-state index contributed by atoms with van der Waals surface area (Å²) in [7, 11) is -2.32. The Bertz CT molecular complexity index is 688. The number of fused-ring (bicyclic) bond motifs is 1. The van der Waals surface area contributed by atoms with Gasteiger partial charge in [0.2, 0.25) is 5.91 Å². The van der Waals surface area contributed by atoms with Crippen LogP contribution in [0, 0.1) is 5.82 Å². The van der Waals surface area contributed by atoms with Gasteiger partial charge in [0, 0.05) is 12.5 Å². The van der Waals surface area contributed by atoms with Gasteiger partial charge < -0.3 is 13.8 Å². The van der Waals surface area contributed by atoms with Gasteiger partial charge in [-0.25, -0.2) is 4.39 Å². The minimum atomic E-state index is -2.32. The van der Waals surface area contributed by atoms with E-state index in [0.717, 1.165) is 24.8 Å². The fourth-order valence-corrected chi connectivity index (χ4v) is 7.17. The quantitative estimate of drug-likeness (QED) is 0.680. The minimum absolute atomic E-state index is 0.0226. The molecule has 2 aliphatic heterocycles. The molecule has 0 spiro atoms. The molecule has 150 valence electrons. The number of piperidine rings is 2. The summed E-state index contributed by atoms with van der Waals surface area (Å²) in [5, 5.41) is 0. The van der Waals surface area contributed by atoms with E-state index in [2.05, 4.69) is 13.1 Å². The molecular weight excluding hydrogens is 361 g/mol. The maximum atomic E-state index is 13.8. The molecule has 1 aromatic rings. The number of carbonyl (C=O) groups is 1. The highest BCUT2D eigenvalue weighted by atomic mass is 28.4. The average Bonchev–Trinajstić information content (AvgIpc) is 2.51. The van der Waals surface area contributed by atoms with Crippen LogP contribution in [-0.4, -0.2) is 37.1 Å². The first-order valence-electron chi connectivity index (χ1n) is 9.99. The van der Waals surface area contributed by atoms with Gasteiger partial charge in [0.15, 0.2) is 0 Å². The van der Waals surface area contributed by atoms with E-state index in [4.69, 9.17) is 8.85 Å². The van der Waals surface area contributed by atoms with Crippen LogP contribution < -0.4 is 0 Å². The van der Waals surface area contributed by atoms with Gasteiger partial charge in [-0.2, -0.15) is 0 Å². The number of carbonyl (C=O) groups excluding carboxylic acids is 1. The van der Waals surface area contributed by atoms with Crippen molar-refractivity contribution in [3.05, 3.63) is 35.6 Å². The van der Waals surface area contributed by atoms with E-state index >= 15 is 0 Å². The monoisotopic (exact) mass is 393 g/mol. The number of hydrogen-bond acceptors (Lipinski definition) is 3. The number of rotatable bonds is 4. The first kappa shape index (κ1) is 20.5. The van der Waals surface area contributed by atoms with Gasteiger partial charge in [-0.05, 0) is 77.2 Å². The smallest absolute Gasteiger partial charge is 0.332 e. The van der Waals surface area contributed by atoms with Crippen LogP contribution in [0.4, 0.5) is 4.39 Å². The maximum Gasteiger partial charge on any atom is 0.332 e. The second kappa shape index (κ2) is 7.64. The molecule has 27 heavy (non-hydrogen) atoms. The van der Waals surface area contributed by atoms with Crippen LogP contribution >= 0.6 is 0 Å². The molecule has 0 bridgehead atoms. The third kappa shape index (κ3) is 5.18. The maximum absolute atomic E-state index is 13.8. The largest absolute Gasteiger partial charge is 0.391 e. The van der Waals surface area contributed by atoms with E-state index in [-0.39, 0.29) is 35.5 Å². The molecule has 0 radical (unpaired) electrons. The highest BCUT2D eigenvalue weighted by Gasteiger charge is 2.44. The second-order valence-electron chi connectivity index (χ2n) is 9.24. The second-order valence-corrected chi connectivity index (χ2v) is 12.5. The van der Waals surface area contributed by atoms with Crippen molar-refractivity contribution in [1.82, 2.24) is 4.90 Å². The Balaban J connectivity index is 1.83. The Morgan fingerprint density at radius 3 is 2.63 bits per heavy atom. The van der Waals surface area contributed by atoms with Gasteiger partial charge in [-0.3, -0.25) is 4.79 Å². The summed E-state index contributed by atoms with van der Waals surface area (Å²) >= 11 is 0. The molecule has 2 heterocycles. The molecule has 3 rings (SSSR count). The number of benzene rings is 1. The highest BCUT2D eigenvalue weighted by molar-refractivity contribution is 6.64. The lowest BCUT2D eigenvalue weighted by molar-refractivity contribution is -0.145. The molecule has 2 saturated heterocycles. The Labute approximate surface area is 163 Å². The standard InChI is InChI=1S/C21H32FNO3Si/c1-21(2,3)26-27(4,5)25-18-13-17-10-7-11-20(24)23(17)19(14-18)15-8-6-9-16(22)12-15/h6,8-9,12,17-19H,7,10-11,13-14H2,1-5H3/t17-,18-,19-/m0/s1. The Hall–Kier alpha value is -1.24. The molecule has 2 fully saturated rings. The average molecular weight is 394 g/mol. The topological polar surface area (TPSA) is 38.8 Å². The molecule has 1 amide bonds. The van der Waals surface area contributed by atoms with Crippen LogP contribution in [0.1, 0.15) is 64.5 Å². The van der Waals surface area contributed by atoms with Crippen molar-refractivity contribution >= 4 is 14.5 Å². The fraction of sp³-hybridized carbons (Fsp3) is 0.667. The lowest BCUT2D eigenvalue weighted by Crippen LogP contribution is -2.54. The molecule has 0 aromatic heterocycles. The molecule has 2 aliphatic rings. The predicted octanol–water partition coefficient (Wildman–Crippen LogP) is 4.94. The zero-order chi connectivity index (χ0) is 19.8. The third-order valence-corrected chi connectivity index (χ3v) is 7.21. The van der Waals surface area contributed by atoms with Crippen LogP contribution in [0.3, 0.4) is 0 Å². The van der Waals surface area contributed by atoms with Gasteiger partial charge in [0.05, 0.1) is 17.7 Å². The summed E-state index contributed by atoms with van der Waals surface area (Å²) in [5.74, 6) is -0.0799. The molecule has 4 nitrogen and oxygen atoms in total. The van der Waals surface area contributed by atoms with Crippen LogP contribution in [0.5, 0.6) is 0 Å². The first-order chi connectivity index (χ1) is 12.5. The molecule has 6 heteroatoms.